The van der Waals surface area contributed by atoms with Crippen molar-refractivity contribution in [3.05, 3.63) is 76.8 Å². The highest BCUT2D eigenvalue weighted by Gasteiger charge is 2.14. The second-order valence-electron chi connectivity index (χ2n) is 6.25. The quantitative estimate of drug-likeness (QED) is 0.261. The number of halogens is 1. The molecule has 0 spiro atoms. The van der Waals surface area contributed by atoms with E-state index in [1.807, 2.05) is 48.5 Å². The summed E-state index contributed by atoms with van der Waals surface area (Å²) in [5.41, 5.74) is 10.8. The highest BCUT2D eigenvalue weighted by atomic mass is 35.5. The third-order valence-electron chi connectivity index (χ3n) is 4.73. The molecule has 0 saturated carbocycles. The fourth-order valence-electron chi connectivity index (χ4n) is 3.48. The Morgan fingerprint density at radius 3 is 2.59 bits per heavy atom. The summed E-state index contributed by atoms with van der Waals surface area (Å²) in [7, 11) is 1.65. The van der Waals surface area contributed by atoms with Gasteiger partial charge in [-0.3, -0.25) is 5.41 Å². The largest absolute Gasteiger partial charge is 0.496 e. The van der Waals surface area contributed by atoms with Crippen molar-refractivity contribution in [2.75, 3.05) is 7.11 Å². The second kappa shape index (κ2) is 6.85. The highest BCUT2D eigenvalue weighted by molar-refractivity contribution is 6.30. The average Bonchev–Trinajstić information content (AvgIpc) is 3.01. The number of aromatic nitrogens is 1. The van der Waals surface area contributed by atoms with Crippen LogP contribution in [0, 0.1) is 10.9 Å². The molecular weight excluding hydrogens is 360 g/mol. The maximum absolute atomic E-state index is 7.83. The van der Waals surface area contributed by atoms with Crippen LogP contribution in [0.5, 0.6) is 5.75 Å². The Balaban J connectivity index is 1.96. The van der Waals surface area contributed by atoms with E-state index in [-0.39, 0.29) is 5.84 Å². The van der Waals surface area contributed by atoms with Gasteiger partial charge in [0.25, 0.3) is 0 Å². The summed E-state index contributed by atoms with van der Waals surface area (Å²) in [6, 6.07) is 19.5. The van der Waals surface area contributed by atoms with Crippen LogP contribution in [0.3, 0.4) is 0 Å². The van der Waals surface area contributed by atoms with Gasteiger partial charge < -0.3 is 9.30 Å². The molecule has 2 N–H and O–H groups in total. The van der Waals surface area contributed by atoms with E-state index in [1.165, 1.54) is 0 Å². The summed E-state index contributed by atoms with van der Waals surface area (Å²) >= 11 is 6.21. The zero-order valence-electron chi connectivity index (χ0n) is 14.7. The number of nitrogens with one attached hydrogen (secondary N) is 2. The Hall–Kier alpha value is -3.18. The molecule has 0 atom stereocenters. The van der Waals surface area contributed by atoms with Gasteiger partial charge >= 0.3 is 0 Å². The van der Waals surface area contributed by atoms with Crippen LogP contribution in [0.15, 0.2) is 65.8 Å². The monoisotopic (exact) mass is 376 g/mol. The van der Waals surface area contributed by atoms with E-state index in [1.54, 1.807) is 7.11 Å². The number of hydrogen-bond donors (Lipinski definition) is 2. The van der Waals surface area contributed by atoms with Gasteiger partial charge in [0.15, 0.2) is 5.84 Å². The molecule has 0 saturated heterocycles. The van der Waals surface area contributed by atoms with Crippen molar-refractivity contribution in [3.63, 3.8) is 0 Å². The van der Waals surface area contributed by atoms with Gasteiger partial charge in [-0.2, -0.15) is 0 Å². The first-order valence-corrected chi connectivity index (χ1v) is 8.80. The minimum absolute atomic E-state index is 0.0507. The molecule has 1 heterocycles. The molecule has 0 radical (unpaired) electrons. The molecule has 0 aliphatic heterocycles. The smallest absolute Gasteiger partial charge is 0.173 e. The second-order valence-corrected chi connectivity index (χ2v) is 6.69. The molecule has 1 aromatic heterocycles. The van der Waals surface area contributed by atoms with Crippen LogP contribution in [0.2, 0.25) is 5.02 Å². The van der Waals surface area contributed by atoms with E-state index in [2.05, 4.69) is 21.8 Å². The third-order valence-corrected chi connectivity index (χ3v) is 4.96. The Kier molecular flexibility index (Phi) is 4.38. The lowest BCUT2D eigenvalue weighted by molar-refractivity contribution is 0.409. The summed E-state index contributed by atoms with van der Waals surface area (Å²) in [6.45, 7) is 0.605. The molecule has 4 aromatic rings. The first-order chi connectivity index (χ1) is 13.1. The van der Waals surface area contributed by atoms with Crippen molar-refractivity contribution in [2.24, 2.45) is 5.11 Å². The van der Waals surface area contributed by atoms with Gasteiger partial charge in [0.1, 0.15) is 5.75 Å². The predicted molar refractivity (Wildman–Crippen MR) is 109 cm³/mol. The van der Waals surface area contributed by atoms with E-state index in [0.29, 0.717) is 17.1 Å². The highest BCUT2D eigenvalue weighted by Crippen LogP contribution is 2.32. The molecule has 0 fully saturated rings. The Morgan fingerprint density at radius 1 is 1.04 bits per heavy atom. The van der Waals surface area contributed by atoms with E-state index in [0.717, 1.165) is 33.1 Å². The van der Waals surface area contributed by atoms with Gasteiger partial charge in [-0.1, -0.05) is 29.8 Å². The maximum atomic E-state index is 7.83. The maximum Gasteiger partial charge on any atom is 0.173 e. The van der Waals surface area contributed by atoms with Crippen molar-refractivity contribution in [3.8, 4) is 5.75 Å². The molecule has 5 nitrogen and oxygen atoms in total. The number of fused-ring (bicyclic) bond motifs is 3. The van der Waals surface area contributed by atoms with Gasteiger partial charge in [0.2, 0.25) is 0 Å². The number of benzene rings is 3. The zero-order chi connectivity index (χ0) is 19.0. The van der Waals surface area contributed by atoms with Crippen molar-refractivity contribution in [1.29, 1.82) is 10.9 Å². The summed E-state index contributed by atoms with van der Waals surface area (Å²) in [5.74, 6) is 0.738. The molecular formula is C21H17ClN4O. The summed E-state index contributed by atoms with van der Waals surface area (Å²) in [5, 5.41) is 13.9. The lowest BCUT2D eigenvalue weighted by atomic mass is 10.1. The van der Waals surface area contributed by atoms with Crippen LogP contribution < -0.4 is 4.74 Å². The number of methoxy groups -OCH3 is 1. The lowest BCUT2D eigenvalue weighted by Crippen LogP contribution is -2.02. The minimum atomic E-state index is -0.0507. The normalized spacial score (nSPS) is 11.0. The number of hydrogen-bond acceptors (Lipinski definition) is 3. The number of rotatable bonds is 4. The molecule has 0 aliphatic carbocycles. The molecule has 3 aromatic carbocycles. The van der Waals surface area contributed by atoms with Crippen molar-refractivity contribution in [2.45, 2.75) is 6.54 Å². The fraction of sp³-hybridized carbons (Fsp3) is 0.0952. The molecule has 0 bridgehead atoms. The Labute approximate surface area is 161 Å². The molecule has 4 rings (SSSR count). The molecule has 134 valence electrons. The summed E-state index contributed by atoms with van der Waals surface area (Å²) < 4.78 is 7.72. The topological polar surface area (TPSA) is 74.2 Å². The van der Waals surface area contributed by atoms with Crippen molar-refractivity contribution >= 4 is 39.2 Å². The summed E-state index contributed by atoms with van der Waals surface area (Å²) in [6.07, 6.45) is 0. The van der Waals surface area contributed by atoms with Crippen molar-refractivity contribution < 1.29 is 4.74 Å². The number of ether oxygens (including phenoxy) is 1. The summed E-state index contributed by atoms with van der Waals surface area (Å²) in [4.78, 5) is 0. The van der Waals surface area contributed by atoms with Gasteiger partial charge in [0, 0.05) is 38.0 Å². The van der Waals surface area contributed by atoms with E-state index >= 15 is 0 Å². The molecule has 0 unspecified atom stereocenters. The van der Waals surface area contributed by atoms with E-state index in [4.69, 9.17) is 27.3 Å². The van der Waals surface area contributed by atoms with Gasteiger partial charge in [-0.05, 0) is 42.5 Å². The molecule has 0 aliphatic rings. The molecule has 6 heteroatoms. The van der Waals surface area contributed by atoms with Crippen LogP contribution in [-0.4, -0.2) is 17.5 Å². The number of nitrogens with zero attached hydrogens (tertiary/aromatic N) is 2. The molecule has 0 amide bonds. The van der Waals surface area contributed by atoms with Crippen LogP contribution in [0.25, 0.3) is 21.8 Å². The van der Waals surface area contributed by atoms with Crippen LogP contribution >= 0.6 is 11.6 Å². The van der Waals surface area contributed by atoms with Gasteiger partial charge in [-0.15, -0.1) is 5.11 Å². The fourth-order valence-corrected chi connectivity index (χ4v) is 3.67. The first-order valence-electron chi connectivity index (χ1n) is 8.42. The van der Waals surface area contributed by atoms with Crippen LogP contribution in [0.4, 0.5) is 0 Å². The predicted octanol–water partition coefficient (Wildman–Crippen LogP) is 5.86. The Bertz CT molecular complexity index is 1200. The zero-order valence-corrected chi connectivity index (χ0v) is 15.4. The van der Waals surface area contributed by atoms with Crippen LogP contribution in [-0.2, 0) is 6.54 Å². The Morgan fingerprint density at radius 2 is 1.81 bits per heavy atom. The number of para-hydroxylation sites is 1. The van der Waals surface area contributed by atoms with Crippen LogP contribution in [0.1, 0.15) is 11.1 Å². The SMILES string of the molecule is COc1ccc(Cl)cc1Cn1c2ccccc2c2cc(C(=N)N=N)ccc21. The standard InChI is InChI=1S/C21H17ClN4O/c1-27-20-9-7-15(22)10-14(20)12-26-18-5-3-2-4-16(18)17-11-13(21(23)25-24)6-8-19(17)26/h2-11,23-24H,12H2,1H3. The van der Waals surface area contributed by atoms with Gasteiger partial charge in [0.05, 0.1) is 13.7 Å². The third kappa shape index (κ3) is 2.96. The van der Waals surface area contributed by atoms with E-state index < -0.39 is 0 Å². The average molecular weight is 377 g/mol. The number of amidine groups is 1. The van der Waals surface area contributed by atoms with Gasteiger partial charge in [-0.25, -0.2) is 5.53 Å². The van der Waals surface area contributed by atoms with Crippen molar-refractivity contribution in [1.82, 2.24) is 4.57 Å². The van der Waals surface area contributed by atoms with E-state index in [9.17, 15) is 0 Å². The first kappa shape index (κ1) is 17.2. The minimum Gasteiger partial charge on any atom is -0.496 e. The molecule has 27 heavy (non-hydrogen) atoms. The lowest BCUT2D eigenvalue weighted by Gasteiger charge is -2.12.